The highest BCUT2D eigenvalue weighted by atomic mass is 35.5. The van der Waals surface area contributed by atoms with E-state index in [9.17, 15) is 4.79 Å². The van der Waals surface area contributed by atoms with Crippen molar-refractivity contribution >= 4 is 40.3 Å². The summed E-state index contributed by atoms with van der Waals surface area (Å²) in [5, 5.41) is 10.7. The fraction of sp³-hybridized carbons (Fsp3) is 0.125. The molecule has 0 saturated heterocycles. The molecule has 1 N–H and O–H groups in total. The number of anilines is 1. The number of ether oxygens (including phenoxy) is 1. The molecule has 0 atom stereocenters. The van der Waals surface area contributed by atoms with Gasteiger partial charge in [-0.3, -0.25) is 5.43 Å². The van der Waals surface area contributed by atoms with Crippen molar-refractivity contribution in [2.45, 2.75) is 6.92 Å². The van der Waals surface area contributed by atoms with Gasteiger partial charge in [-0.25, -0.2) is 9.78 Å². The lowest BCUT2D eigenvalue weighted by atomic mass is 10.2. The van der Waals surface area contributed by atoms with Gasteiger partial charge >= 0.3 is 5.97 Å². The average molecular weight is 377 g/mol. The Kier molecular flexibility index (Phi) is 5.42. The third-order valence-electron chi connectivity index (χ3n) is 3.02. The molecule has 3 rings (SSSR count). The van der Waals surface area contributed by atoms with E-state index < -0.39 is 5.97 Å². The Hall–Kier alpha value is -2.71. The first-order valence-electron chi connectivity index (χ1n) is 7.30. The molecule has 2 aromatic heterocycles. The molecule has 25 heavy (non-hydrogen) atoms. The van der Waals surface area contributed by atoms with E-state index in [2.05, 4.69) is 20.7 Å². The summed E-state index contributed by atoms with van der Waals surface area (Å²) >= 11 is 7.39. The lowest BCUT2D eigenvalue weighted by Crippen LogP contribution is -2.04. The van der Waals surface area contributed by atoms with Crippen molar-refractivity contribution in [3.63, 3.8) is 0 Å². The van der Waals surface area contributed by atoms with Crippen LogP contribution in [0, 0.1) is 0 Å². The van der Waals surface area contributed by atoms with Gasteiger partial charge in [0.15, 0.2) is 11.5 Å². The van der Waals surface area contributed by atoms with E-state index in [1.54, 1.807) is 24.6 Å². The largest absolute Gasteiger partial charge is 0.461 e. The van der Waals surface area contributed by atoms with Crippen molar-refractivity contribution < 1.29 is 14.1 Å². The normalized spacial score (nSPS) is 11.0. The molecule has 9 heteroatoms. The summed E-state index contributed by atoms with van der Waals surface area (Å²) in [6.07, 6.45) is 1.61. The second-order valence-electron chi connectivity index (χ2n) is 4.73. The average Bonchev–Trinajstić information content (AvgIpc) is 3.26. The Bertz CT molecular complexity index is 906. The third-order valence-corrected chi connectivity index (χ3v) is 4.11. The Balaban J connectivity index is 1.66. The number of hydrazone groups is 1. The molecule has 0 aliphatic heterocycles. The summed E-state index contributed by atoms with van der Waals surface area (Å²) in [5.41, 5.74) is 4.27. The van der Waals surface area contributed by atoms with Crippen LogP contribution in [0.15, 0.2) is 45.3 Å². The molecule has 7 nitrogen and oxygen atoms in total. The molecule has 0 radical (unpaired) electrons. The maximum Gasteiger partial charge on any atom is 0.360 e. The Morgan fingerprint density at radius 2 is 2.32 bits per heavy atom. The Morgan fingerprint density at radius 3 is 3.12 bits per heavy atom. The number of halogens is 1. The smallest absolute Gasteiger partial charge is 0.360 e. The summed E-state index contributed by atoms with van der Waals surface area (Å²) in [7, 11) is 0. The SMILES string of the molecule is CCOC(=O)c1cc(-c2csc(NN=Cc3ccccc3Cl)n2)on1. The number of benzene rings is 1. The van der Waals surface area contributed by atoms with Gasteiger partial charge in [0.25, 0.3) is 0 Å². The molecule has 0 amide bonds. The van der Waals surface area contributed by atoms with Gasteiger partial charge < -0.3 is 9.26 Å². The van der Waals surface area contributed by atoms with Crippen LogP contribution in [0.2, 0.25) is 5.02 Å². The minimum absolute atomic E-state index is 0.107. The molecule has 0 unspecified atom stereocenters. The van der Waals surface area contributed by atoms with Gasteiger partial charge in [-0.05, 0) is 13.0 Å². The predicted octanol–water partition coefficient (Wildman–Crippen LogP) is 4.07. The lowest BCUT2D eigenvalue weighted by Gasteiger charge is -1.96. The number of thiazole rings is 1. The number of aromatic nitrogens is 2. The molecule has 0 saturated carbocycles. The second kappa shape index (κ2) is 7.91. The van der Waals surface area contributed by atoms with Gasteiger partial charge in [-0.15, -0.1) is 11.3 Å². The van der Waals surface area contributed by atoms with Crippen LogP contribution >= 0.6 is 22.9 Å². The van der Waals surface area contributed by atoms with E-state index >= 15 is 0 Å². The summed E-state index contributed by atoms with van der Waals surface area (Å²) in [5.74, 6) is -0.155. The van der Waals surface area contributed by atoms with E-state index in [0.717, 1.165) is 5.56 Å². The molecule has 0 bridgehead atoms. The lowest BCUT2D eigenvalue weighted by molar-refractivity contribution is 0.0514. The van der Waals surface area contributed by atoms with Crippen LogP contribution in [0.1, 0.15) is 23.0 Å². The number of rotatable bonds is 6. The molecular formula is C16H13ClN4O3S. The van der Waals surface area contributed by atoms with Crippen LogP contribution in [-0.4, -0.2) is 28.9 Å². The highest BCUT2D eigenvalue weighted by molar-refractivity contribution is 7.14. The van der Waals surface area contributed by atoms with Crippen LogP contribution in [0.4, 0.5) is 5.13 Å². The second-order valence-corrected chi connectivity index (χ2v) is 5.99. The number of hydrogen-bond acceptors (Lipinski definition) is 8. The summed E-state index contributed by atoms with van der Waals surface area (Å²) < 4.78 is 10.00. The van der Waals surface area contributed by atoms with E-state index in [4.69, 9.17) is 20.9 Å². The van der Waals surface area contributed by atoms with Gasteiger partial charge in [-0.2, -0.15) is 5.10 Å². The zero-order chi connectivity index (χ0) is 17.6. The molecule has 0 spiro atoms. The standard InChI is InChI=1S/C16H13ClN4O3S/c1-2-23-15(22)12-7-14(24-21-12)13-9-25-16(19-13)20-18-8-10-5-3-4-6-11(10)17/h3-9H,2H2,1H3,(H,19,20). The van der Waals surface area contributed by atoms with Crippen LogP contribution in [-0.2, 0) is 4.74 Å². The van der Waals surface area contributed by atoms with Crippen molar-refractivity contribution in [2.24, 2.45) is 5.10 Å². The van der Waals surface area contributed by atoms with Crippen molar-refractivity contribution in [1.82, 2.24) is 10.1 Å². The zero-order valence-corrected chi connectivity index (χ0v) is 14.7. The number of carbonyl (C=O) groups excluding carboxylic acids is 1. The summed E-state index contributed by atoms with van der Waals surface area (Å²) in [6, 6.07) is 8.85. The van der Waals surface area contributed by atoms with E-state index in [1.165, 1.54) is 17.4 Å². The minimum Gasteiger partial charge on any atom is -0.461 e. The number of esters is 1. The summed E-state index contributed by atoms with van der Waals surface area (Å²) in [6.45, 7) is 2.00. The molecule has 0 aliphatic carbocycles. The number of nitrogens with one attached hydrogen (secondary N) is 1. The van der Waals surface area contributed by atoms with Gasteiger partial charge in [0, 0.05) is 22.0 Å². The number of nitrogens with zero attached hydrogens (tertiary/aromatic N) is 3. The van der Waals surface area contributed by atoms with Crippen molar-refractivity contribution in [3.8, 4) is 11.5 Å². The maximum atomic E-state index is 11.6. The van der Waals surface area contributed by atoms with Crippen molar-refractivity contribution in [3.05, 3.63) is 52.0 Å². The first-order valence-corrected chi connectivity index (χ1v) is 8.56. The zero-order valence-electron chi connectivity index (χ0n) is 13.1. The molecule has 128 valence electrons. The number of hydrogen-bond donors (Lipinski definition) is 1. The Morgan fingerprint density at radius 1 is 1.48 bits per heavy atom. The first kappa shape index (κ1) is 17.1. The van der Waals surface area contributed by atoms with E-state index in [1.807, 2.05) is 18.2 Å². The fourth-order valence-corrected chi connectivity index (χ4v) is 2.71. The van der Waals surface area contributed by atoms with E-state index in [0.29, 0.717) is 21.6 Å². The van der Waals surface area contributed by atoms with E-state index in [-0.39, 0.29) is 12.3 Å². The third kappa shape index (κ3) is 4.23. The topological polar surface area (TPSA) is 89.6 Å². The van der Waals surface area contributed by atoms with Crippen LogP contribution in [0.3, 0.4) is 0 Å². The molecule has 1 aromatic carbocycles. The van der Waals surface area contributed by atoms with Crippen molar-refractivity contribution in [1.29, 1.82) is 0 Å². The van der Waals surface area contributed by atoms with Crippen LogP contribution in [0.5, 0.6) is 0 Å². The van der Waals surface area contributed by atoms with Gasteiger partial charge in [0.05, 0.1) is 12.8 Å². The quantitative estimate of drug-likeness (QED) is 0.396. The fourth-order valence-electron chi connectivity index (χ4n) is 1.87. The minimum atomic E-state index is -0.532. The maximum absolute atomic E-state index is 11.6. The summed E-state index contributed by atoms with van der Waals surface area (Å²) in [4.78, 5) is 15.9. The van der Waals surface area contributed by atoms with Gasteiger partial charge in [0.2, 0.25) is 5.13 Å². The highest BCUT2D eigenvalue weighted by Gasteiger charge is 2.16. The molecule has 3 aromatic rings. The molecular weight excluding hydrogens is 364 g/mol. The van der Waals surface area contributed by atoms with Crippen LogP contribution < -0.4 is 5.43 Å². The molecule has 0 aliphatic rings. The first-order chi connectivity index (χ1) is 12.2. The monoisotopic (exact) mass is 376 g/mol. The molecule has 2 heterocycles. The highest BCUT2D eigenvalue weighted by Crippen LogP contribution is 2.25. The number of carbonyl (C=O) groups is 1. The van der Waals surface area contributed by atoms with Crippen LogP contribution in [0.25, 0.3) is 11.5 Å². The Labute approximate surface area is 152 Å². The molecule has 0 fully saturated rings. The predicted molar refractivity (Wildman–Crippen MR) is 96.2 cm³/mol. The van der Waals surface area contributed by atoms with Gasteiger partial charge in [-0.1, -0.05) is 35.0 Å². The van der Waals surface area contributed by atoms with Gasteiger partial charge in [0.1, 0.15) is 5.69 Å². The van der Waals surface area contributed by atoms with Crippen molar-refractivity contribution in [2.75, 3.05) is 12.0 Å².